The smallest absolute Gasteiger partial charge is 0.161 e. The highest BCUT2D eigenvalue weighted by Crippen LogP contribution is 2.41. The van der Waals surface area contributed by atoms with Crippen LogP contribution in [0.1, 0.15) is 67.3 Å². The zero-order valence-electron chi connectivity index (χ0n) is 24.7. The summed E-state index contributed by atoms with van der Waals surface area (Å²) in [5.41, 5.74) is 8.69. The van der Waals surface area contributed by atoms with Crippen LogP contribution in [-0.4, -0.2) is 38.8 Å². The number of benzene rings is 3. The highest BCUT2D eigenvalue weighted by atomic mass is 35.5. The van der Waals surface area contributed by atoms with Gasteiger partial charge >= 0.3 is 0 Å². The van der Waals surface area contributed by atoms with Gasteiger partial charge in [0.15, 0.2) is 11.5 Å². The normalized spacial score (nSPS) is 16.1. The van der Waals surface area contributed by atoms with E-state index in [0.717, 1.165) is 50.9 Å². The molecular weight excluding hydrogens is 528 g/mol. The van der Waals surface area contributed by atoms with E-state index in [1.54, 1.807) is 19.8 Å². The molecule has 0 aromatic heterocycles. The molecule has 1 aliphatic carbocycles. The Bertz CT molecular complexity index is 1410. The number of nitriles is 1. The van der Waals surface area contributed by atoms with Crippen LogP contribution in [0.4, 0.5) is 0 Å². The van der Waals surface area contributed by atoms with Crippen LogP contribution in [0.25, 0.3) is 17.7 Å². The summed E-state index contributed by atoms with van der Waals surface area (Å²) in [6.07, 6.45) is 8.44. The van der Waals surface area contributed by atoms with Crippen LogP contribution < -0.4 is 9.47 Å². The van der Waals surface area contributed by atoms with Crippen LogP contribution in [-0.2, 0) is 5.41 Å². The van der Waals surface area contributed by atoms with Crippen molar-refractivity contribution >= 4 is 30.1 Å². The van der Waals surface area contributed by atoms with E-state index in [1.165, 1.54) is 27.8 Å². The van der Waals surface area contributed by atoms with Gasteiger partial charge in [0.05, 0.1) is 25.7 Å². The fraction of sp³-hybridized carbons (Fsp3) is 0.361. The first kappa shape index (κ1) is 30.4. The molecule has 1 unspecified atom stereocenters. The fourth-order valence-corrected chi connectivity index (χ4v) is 6.45. The predicted molar refractivity (Wildman–Crippen MR) is 172 cm³/mol. The van der Waals surface area contributed by atoms with Crippen LogP contribution in [0, 0.1) is 17.2 Å². The van der Waals surface area contributed by atoms with E-state index in [1.807, 2.05) is 18.2 Å². The van der Waals surface area contributed by atoms with Crippen molar-refractivity contribution in [3.63, 3.8) is 0 Å². The average Bonchev–Trinajstić information content (AvgIpc) is 3.16. The minimum Gasteiger partial charge on any atom is -0.493 e. The van der Waals surface area contributed by atoms with Gasteiger partial charge in [-0.2, -0.15) is 5.26 Å². The Kier molecular flexibility index (Phi) is 9.97. The SMILES string of the molecule is COc1ccc(C(C#N)(CCCN2CCC(=C3c4ccccc4C=Cc4ccccc43)CC2)C(C)C)cc1OC.Cl. The lowest BCUT2D eigenvalue weighted by molar-refractivity contribution is 0.238. The molecule has 0 spiro atoms. The maximum absolute atomic E-state index is 10.4. The summed E-state index contributed by atoms with van der Waals surface area (Å²) >= 11 is 0. The predicted octanol–water partition coefficient (Wildman–Crippen LogP) is 8.40. The molecule has 41 heavy (non-hydrogen) atoms. The Morgan fingerprint density at radius 1 is 0.854 bits per heavy atom. The van der Waals surface area contributed by atoms with Crippen LogP contribution in [0.3, 0.4) is 0 Å². The molecule has 0 radical (unpaired) electrons. The van der Waals surface area contributed by atoms with Gasteiger partial charge in [-0.25, -0.2) is 0 Å². The number of ether oxygens (including phenoxy) is 2. The molecule has 214 valence electrons. The van der Waals surface area contributed by atoms with Crippen molar-refractivity contribution < 1.29 is 9.47 Å². The second-order valence-electron chi connectivity index (χ2n) is 11.2. The van der Waals surface area contributed by atoms with Crippen LogP contribution in [0.5, 0.6) is 11.5 Å². The molecule has 1 atom stereocenters. The van der Waals surface area contributed by atoms with Crippen molar-refractivity contribution in [2.45, 2.75) is 44.9 Å². The molecule has 0 amide bonds. The van der Waals surface area contributed by atoms with E-state index in [-0.39, 0.29) is 18.3 Å². The molecule has 4 nitrogen and oxygen atoms in total. The monoisotopic (exact) mass is 568 g/mol. The zero-order chi connectivity index (χ0) is 28.1. The standard InChI is InChI=1S/C36H40N2O2.ClH/c1-26(2)36(25-37,30-16-17-33(39-3)34(24-30)40-4)20-9-21-38-22-18-29(19-23-38)35-31-12-7-5-10-27(31)14-15-28-11-6-8-13-32(28)35;/h5-8,10-17,24,26H,9,18-23H2,1-4H3;1H. The van der Waals surface area contributed by atoms with Gasteiger partial charge < -0.3 is 14.4 Å². The van der Waals surface area contributed by atoms with E-state index in [4.69, 9.17) is 9.47 Å². The number of fused-ring (bicyclic) bond motifs is 2. The summed E-state index contributed by atoms with van der Waals surface area (Å²) in [5.74, 6) is 1.54. The lowest BCUT2D eigenvalue weighted by Gasteiger charge is -2.34. The highest BCUT2D eigenvalue weighted by molar-refractivity contribution is 5.94. The summed E-state index contributed by atoms with van der Waals surface area (Å²) in [7, 11) is 3.29. The van der Waals surface area contributed by atoms with Crippen molar-refractivity contribution in [2.75, 3.05) is 33.9 Å². The first-order chi connectivity index (χ1) is 19.5. The van der Waals surface area contributed by atoms with Gasteiger partial charge in [-0.15, -0.1) is 12.4 Å². The average molecular weight is 569 g/mol. The Balaban J connectivity index is 0.00000387. The Labute approximate surface area is 251 Å². The molecule has 1 fully saturated rings. The molecule has 5 heteroatoms. The third-order valence-electron chi connectivity index (χ3n) is 8.85. The minimum absolute atomic E-state index is 0. The fourth-order valence-electron chi connectivity index (χ4n) is 6.45. The van der Waals surface area contributed by atoms with E-state index in [9.17, 15) is 5.26 Å². The molecule has 5 rings (SSSR count). The van der Waals surface area contributed by atoms with Crippen molar-refractivity contribution in [1.82, 2.24) is 4.90 Å². The molecule has 2 aliphatic rings. The van der Waals surface area contributed by atoms with E-state index < -0.39 is 5.41 Å². The lowest BCUT2D eigenvalue weighted by Crippen LogP contribution is -2.35. The summed E-state index contributed by atoms with van der Waals surface area (Å²) in [6.45, 7) is 7.40. The third kappa shape index (κ3) is 6.08. The number of rotatable bonds is 8. The van der Waals surface area contributed by atoms with Gasteiger partial charge in [0, 0.05) is 13.1 Å². The number of likely N-dealkylation sites (tertiary alicyclic amines) is 1. The first-order valence-electron chi connectivity index (χ1n) is 14.5. The molecule has 0 bridgehead atoms. The van der Waals surface area contributed by atoms with Crippen LogP contribution in [0.2, 0.25) is 0 Å². The highest BCUT2D eigenvalue weighted by Gasteiger charge is 2.36. The van der Waals surface area contributed by atoms with Gasteiger partial charge in [0.1, 0.15) is 0 Å². The van der Waals surface area contributed by atoms with Gasteiger partial charge in [0.2, 0.25) is 0 Å². The minimum atomic E-state index is -0.566. The van der Waals surface area contributed by atoms with Crippen LogP contribution in [0.15, 0.2) is 72.3 Å². The van der Waals surface area contributed by atoms with Crippen molar-refractivity contribution in [3.05, 3.63) is 100 Å². The maximum Gasteiger partial charge on any atom is 0.161 e. The molecule has 1 aliphatic heterocycles. The maximum atomic E-state index is 10.4. The summed E-state index contributed by atoms with van der Waals surface area (Å²) in [5, 5.41) is 10.4. The molecule has 0 N–H and O–H groups in total. The number of piperidine rings is 1. The van der Waals surface area contributed by atoms with Gasteiger partial charge in [0.25, 0.3) is 0 Å². The van der Waals surface area contributed by atoms with E-state index in [0.29, 0.717) is 11.5 Å². The van der Waals surface area contributed by atoms with Crippen molar-refractivity contribution in [2.24, 2.45) is 5.92 Å². The molecule has 1 heterocycles. The lowest BCUT2D eigenvalue weighted by atomic mass is 9.69. The van der Waals surface area contributed by atoms with Gasteiger partial charge in [-0.1, -0.05) is 86.2 Å². The number of nitrogens with zero attached hydrogens (tertiary/aromatic N) is 2. The number of halogens is 1. The zero-order valence-corrected chi connectivity index (χ0v) is 25.5. The molecule has 3 aromatic carbocycles. The number of methoxy groups -OCH3 is 2. The van der Waals surface area contributed by atoms with Crippen LogP contribution >= 0.6 is 12.4 Å². The summed E-state index contributed by atoms with van der Waals surface area (Å²) in [6, 6.07) is 26.2. The largest absolute Gasteiger partial charge is 0.493 e. The van der Waals surface area contributed by atoms with E-state index >= 15 is 0 Å². The van der Waals surface area contributed by atoms with Crippen molar-refractivity contribution in [3.8, 4) is 17.6 Å². The second-order valence-corrected chi connectivity index (χ2v) is 11.2. The Hall–Kier alpha value is -3.52. The number of hydrogen-bond acceptors (Lipinski definition) is 4. The molecule has 1 saturated heterocycles. The Morgan fingerprint density at radius 3 is 1.98 bits per heavy atom. The molecular formula is C36H41ClN2O2. The topological polar surface area (TPSA) is 45.5 Å². The first-order valence-corrected chi connectivity index (χ1v) is 14.5. The number of hydrogen-bond donors (Lipinski definition) is 0. The quantitative estimate of drug-likeness (QED) is 0.214. The Morgan fingerprint density at radius 2 is 1.44 bits per heavy atom. The van der Waals surface area contributed by atoms with Gasteiger partial charge in [-0.05, 0) is 83.7 Å². The molecule has 3 aromatic rings. The third-order valence-corrected chi connectivity index (χ3v) is 8.85. The van der Waals surface area contributed by atoms with E-state index in [2.05, 4.69) is 85.5 Å². The summed E-state index contributed by atoms with van der Waals surface area (Å²) < 4.78 is 11.0. The van der Waals surface area contributed by atoms with Gasteiger partial charge in [-0.3, -0.25) is 0 Å². The second kappa shape index (κ2) is 13.4. The molecule has 0 saturated carbocycles. The summed E-state index contributed by atoms with van der Waals surface area (Å²) in [4.78, 5) is 2.58. The van der Waals surface area contributed by atoms with Crippen molar-refractivity contribution in [1.29, 1.82) is 5.26 Å².